The molecule has 2 aromatic carbocycles. The molecule has 4 nitrogen and oxygen atoms in total. The molecule has 0 radical (unpaired) electrons. The largest absolute Gasteiger partial charge is 0.372 e. The lowest BCUT2D eigenvalue weighted by molar-refractivity contribution is 0.866. The first-order valence-electron chi connectivity index (χ1n) is 10.0. The van der Waals surface area contributed by atoms with Gasteiger partial charge < -0.3 is 4.90 Å². The van der Waals surface area contributed by atoms with Gasteiger partial charge in [-0.2, -0.15) is 5.10 Å². The van der Waals surface area contributed by atoms with Gasteiger partial charge in [-0.3, -0.25) is 0 Å². The summed E-state index contributed by atoms with van der Waals surface area (Å²) in [5, 5.41) is 7.90. The molecule has 1 aromatic heterocycles. The van der Waals surface area contributed by atoms with Gasteiger partial charge in [-0.05, 0) is 55.8 Å². The van der Waals surface area contributed by atoms with Gasteiger partial charge in [0, 0.05) is 37.1 Å². The Balaban J connectivity index is 1.46. The van der Waals surface area contributed by atoms with Crippen LogP contribution in [0.3, 0.4) is 0 Å². The van der Waals surface area contributed by atoms with Crippen molar-refractivity contribution in [3.8, 4) is 0 Å². The molecule has 1 aliphatic heterocycles. The van der Waals surface area contributed by atoms with E-state index in [1.165, 1.54) is 11.3 Å². The maximum Gasteiger partial charge on any atom is 0.149 e. The molecule has 142 valence electrons. The number of hydrazone groups is 1. The molecule has 28 heavy (non-hydrogen) atoms. The number of nitrogens with zero attached hydrogens (tertiary/aromatic N) is 4. The van der Waals surface area contributed by atoms with Crippen LogP contribution in [-0.4, -0.2) is 30.3 Å². The molecule has 4 rings (SSSR count). The second kappa shape index (κ2) is 8.26. The van der Waals surface area contributed by atoms with Gasteiger partial charge in [0.1, 0.15) is 5.82 Å². The number of pyridine rings is 1. The number of hydrogen-bond acceptors (Lipinski definition) is 4. The Hall–Kier alpha value is -3.14. The third-order valence-electron chi connectivity index (χ3n) is 5.17. The Bertz CT molecular complexity index is 1000. The minimum atomic E-state index is 0.867. The molecule has 0 aliphatic carbocycles. The van der Waals surface area contributed by atoms with Crippen LogP contribution < -0.4 is 9.91 Å². The second-order valence-corrected chi connectivity index (χ2v) is 6.92. The van der Waals surface area contributed by atoms with Crippen LogP contribution >= 0.6 is 0 Å². The summed E-state index contributed by atoms with van der Waals surface area (Å²) in [5.41, 5.74) is 4.56. The van der Waals surface area contributed by atoms with Crippen molar-refractivity contribution in [2.24, 2.45) is 5.10 Å². The van der Waals surface area contributed by atoms with Crippen LogP contribution in [0.5, 0.6) is 0 Å². The zero-order valence-electron chi connectivity index (χ0n) is 16.5. The van der Waals surface area contributed by atoms with Crippen molar-refractivity contribution in [1.82, 2.24) is 4.98 Å². The number of aromatic nitrogens is 1. The first-order chi connectivity index (χ1) is 13.8. The highest BCUT2D eigenvalue weighted by Gasteiger charge is 2.15. The lowest BCUT2D eigenvalue weighted by Gasteiger charge is -2.20. The van der Waals surface area contributed by atoms with E-state index in [1.54, 1.807) is 0 Å². The fraction of sp³-hybridized carbons (Fsp3) is 0.250. The minimum absolute atomic E-state index is 0.867. The molecule has 2 heterocycles. The van der Waals surface area contributed by atoms with E-state index < -0.39 is 0 Å². The number of benzene rings is 2. The molecule has 0 N–H and O–H groups in total. The predicted octanol–water partition coefficient (Wildman–Crippen LogP) is 5.36. The lowest BCUT2D eigenvalue weighted by Crippen LogP contribution is -2.21. The van der Waals surface area contributed by atoms with E-state index in [0.717, 1.165) is 48.5 Å². The number of fused-ring (bicyclic) bond motifs is 1. The van der Waals surface area contributed by atoms with E-state index >= 15 is 0 Å². The summed E-state index contributed by atoms with van der Waals surface area (Å²) in [6.45, 7) is 7.30. The average molecular weight is 371 g/mol. The van der Waals surface area contributed by atoms with E-state index in [1.807, 2.05) is 29.3 Å². The van der Waals surface area contributed by atoms with Crippen LogP contribution in [0.4, 0.5) is 11.5 Å². The SMILES string of the molecule is CCN(CC)c1ccc(C=CC2=NN(c3ccc4ccccc4n3)CC2)cc1. The molecule has 1 aliphatic rings. The molecule has 0 spiro atoms. The van der Waals surface area contributed by atoms with E-state index in [4.69, 9.17) is 10.1 Å². The molecule has 0 saturated carbocycles. The maximum absolute atomic E-state index is 4.74. The predicted molar refractivity (Wildman–Crippen MR) is 120 cm³/mol. The number of allylic oxidation sites excluding steroid dienone is 1. The van der Waals surface area contributed by atoms with Gasteiger partial charge in [-0.25, -0.2) is 9.99 Å². The summed E-state index contributed by atoms with van der Waals surface area (Å²) in [6, 6.07) is 21.1. The first-order valence-corrected chi connectivity index (χ1v) is 10.0. The molecule has 0 amide bonds. The van der Waals surface area contributed by atoms with Crippen molar-refractivity contribution in [1.29, 1.82) is 0 Å². The molecule has 4 heteroatoms. The summed E-state index contributed by atoms with van der Waals surface area (Å²) < 4.78 is 0. The van der Waals surface area contributed by atoms with Crippen LogP contribution in [0.2, 0.25) is 0 Å². The standard InChI is InChI=1S/C24H26N4/c1-3-27(4-2)22-14-10-19(11-15-22)9-13-21-17-18-28(26-21)24-16-12-20-7-5-6-8-23(20)25-24/h5-16H,3-4,17-18H2,1-2H3. The highest BCUT2D eigenvalue weighted by molar-refractivity contribution is 6.00. The molecule has 0 fully saturated rings. The summed E-state index contributed by atoms with van der Waals surface area (Å²) >= 11 is 0. The Morgan fingerprint density at radius 2 is 1.71 bits per heavy atom. The van der Waals surface area contributed by atoms with Crippen molar-refractivity contribution >= 4 is 34.2 Å². The van der Waals surface area contributed by atoms with E-state index in [0.29, 0.717) is 0 Å². The van der Waals surface area contributed by atoms with Gasteiger partial charge >= 0.3 is 0 Å². The van der Waals surface area contributed by atoms with Crippen LogP contribution in [-0.2, 0) is 0 Å². The zero-order valence-corrected chi connectivity index (χ0v) is 16.5. The van der Waals surface area contributed by atoms with E-state index in [2.05, 4.69) is 67.3 Å². The van der Waals surface area contributed by atoms with E-state index in [9.17, 15) is 0 Å². The van der Waals surface area contributed by atoms with Gasteiger partial charge in [0.05, 0.1) is 11.2 Å². The van der Waals surface area contributed by atoms with Gasteiger partial charge in [-0.15, -0.1) is 0 Å². The Kier molecular flexibility index (Phi) is 5.38. The molecular weight excluding hydrogens is 344 g/mol. The van der Waals surface area contributed by atoms with Crippen LogP contribution in [0, 0.1) is 0 Å². The van der Waals surface area contributed by atoms with Gasteiger partial charge in [0.15, 0.2) is 0 Å². The first kappa shape index (κ1) is 18.2. The highest BCUT2D eigenvalue weighted by Crippen LogP contribution is 2.22. The Morgan fingerprint density at radius 3 is 2.50 bits per heavy atom. The van der Waals surface area contributed by atoms with Crippen molar-refractivity contribution in [2.75, 3.05) is 29.5 Å². The molecular formula is C24H26N4. The molecule has 3 aromatic rings. The van der Waals surface area contributed by atoms with Crippen LogP contribution in [0.25, 0.3) is 17.0 Å². The number of hydrogen-bond donors (Lipinski definition) is 0. The van der Waals surface area contributed by atoms with Crippen LogP contribution in [0.15, 0.2) is 71.8 Å². The third-order valence-corrected chi connectivity index (χ3v) is 5.17. The minimum Gasteiger partial charge on any atom is -0.372 e. The monoisotopic (exact) mass is 370 g/mol. The fourth-order valence-corrected chi connectivity index (χ4v) is 3.53. The topological polar surface area (TPSA) is 31.7 Å². The molecule has 0 unspecified atom stereocenters. The molecule has 0 atom stereocenters. The third kappa shape index (κ3) is 3.91. The van der Waals surface area contributed by atoms with Crippen molar-refractivity contribution in [2.45, 2.75) is 20.3 Å². The summed E-state index contributed by atoms with van der Waals surface area (Å²) in [7, 11) is 0. The summed E-state index contributed by atoms with van der Waals surface area (Å²) in [6.07, 6.45) is 5.19. The van der Waals surface area contributed by atoms with Gasteiger partial charge in [-0.1, -0.05) is 36.4 Å². The second-order valence-electron chi connectivity index (χ2n) is 6.92. The normalized spacial score (nSPS) is 14.1. The molecule has 0 saturated heterocycles. The molecule has 0 bridgehead atoms. The highest BCUT2D eigenvalue weighted by atomic mass is 15.5. The van der Waals surface area contributed by atoms with Crippen molar-refractivity contribution < 1.29 is 0 Å². The Labute approximate surface area is 166 Å². The fourth-order valence-electron chi connectivity index (χ4n) is 3.53. The lowest BCUT2D eigenvalue weighted by atomic mass is 10.1. The van der Waals surface area contributed by atoms with Gasteiger partial charge in [0.2, 0.25) is 0 Å². The summed E-state index contributed by atoms with van der Waals surface area (Å²) in [5.74, 6) is 0.908. The quantitative estimate of drug-likeness (QED) is 0.585. The number of rotatable bonds is 6. The van der Waals surface area contributed by atoms with E-state index in [-0.39, 0.29) is 0 Å². The average Bonchev–Trinajstić information content (AvgIpc) is 3.23. The maximum atomic E-state index is 4.74. The smallest absolute Gasteiger partial charge is 0.149 e. The zero-order chi connectivity index (χ0) is 19.3. The number of para-hydroxylation sites is 1. The number of anilines is 2. The Morgan fingerprint density at radius 1 is 0.929 bits per heavy atom. The van der Waals surface area contributed by atoms with Crippen LogP contribution in [0.1, 0.15) is 25.8 Å². The van der Waals surface area contributed by atoms with Gasteiger partial charge in [0.25, 0.3) is 0 Å². The summed E-state index contributed by atoms with van der Waals surface area (Å²) in [4.78, 5) is 7.09. The van der Waals surface area contributed by atoms with Crippen molar-refractivity contribution in [3.63, 3.8) is 0 Å². The van der Waals surface area contributed by atoms with Crippen molar-refractivity contribution in [3.05, 3.63) is 72.3 Å².